The van der Waals surface area contributed by atoms with Crippen LogP contribution in [0.1, 0.15) is 18.1 Å². The molecule has 1 heterocycles. The third-order valence-corrected chi connectivity index (χ3v) is 3.09. The Hall–Kier alpha value is -3.21. The summed E-state index contributed by atoms with van der Waals surface area (Å²) < 4.78 is 10.1. The number of hydrogen-bond acceptors (Lipinski definition) is 5. The molecule has 1 aliphatic rings. The van der Waals surface area contributed by atoms with Crippen molar-refractivity contribution in [3.63, 3.8) is 0 Å². The lowest BCUT2D eigenvalue weighted by Crippen LogP contribution is -2.04. The summed E-state index contributed by atoms with van der Waals surface area (Å²) in [6, 6.07) is 16.0. The highest BCUT2D eigenvalue weighted by atomic mass is 16.6. The minimum atomic E-state index is -0.493. The van der Waals surface area contributed by atoms with Crippen molar-refractivity contribution in [1.29, 1.82) is 0 Å². The third-order valence-electron chi connectivity index (χ3n) is 3.09. The van der Waals surface area contributed by atoms with E-state index in [0.717, 1.165) is 11.1 Å². The first-order chi connectivity index (χ1) is 11.1. The van der Waals surface area contributed by atoms with Crippen molar-refractivity contribution in [3.05, 3.63) is 71.4 Å². The van der Waals surface area contributed by atoms with Crippen LogP contribution in [0.4, 0.5) is 0 Å². The molecule has 2 aromatic rings. The maximum atomic E-state index is 11.9. The average molecular weight is 307 g/mol. The van der Waals surface area contributed by atoms with Crippen molar-refractivity contribution < 1.29 is 19.1 Å². The number of hydrogen-bond donors (Lipinski definition) is 0. The molecule has 0 amide bonds. The van der Waals surface area contributed by atoms with Gasteiger partial charge in [-0.05, 0) is 35.9 Å². The van der Waals surface area contributed by atoms with Gasteiger partial charge in [-0.1, -0.05) is 30.3 Å². The number of cyclic esters (lactones) is 1. The molecule has 5 heteroatoms. The Morgan fingerprint density at radius 2 is 1.78 bits per heavy atom. The van der Waals surface area contributed by atoms with Crippen molar-refractivity contribution >= 4 is 23.9 Å². The zero-order chi connectivity index (χ0) is 16.2. The fourth-order valence-corrected chi connectivity index (χ4v) is 2.07. The van der Waals surface area contributed by atoms with Gasteiger partial charge in [-0.2, -0.15) is 0 Å². The predicted molar refractivity (Wildman–Crippen MR) is 84.8 cm³/mol. The SMILES string of the molecule is CC(=O)Oc1ccc(/C=C2/N=C(c3ccccc3)OC2=O)cc1. The van der Waals surface area contributed by atoms with Crippen LogP contribution in [-0.2, 0) is 14.3 Å². The number of carbonyl (C=O) groups is 2. The molecule has 0 aromatic heterocycles. The molecule has 2 aromatic carbocycles. The topological polar surface area (TPSA) is 65.0 Å². The standard InChI is InChI=1S/C18H13NO4/c1-12(20)22-15-9-7-13(8-10-15)11-16-18(21)23-17(19-16)14-5-3-2-4-6-14/h2-11H,1H3/b16-11+. The zero-order valence-corrected chi connectivity index (χ0v) is 12.4. The van der Waals surface area contributed by atoms with E-state index >= 15 is 0 Å². The number of aliphatic imine (C=N–C) groups is 1. The zero-order valence-electron chi connectivity index (χ0n) is 12.4. The first kappa shape index (κ1) is 14.7. The molecule has 0 N–H and O–H groups in total. The van der Waals surface area contributed by atoms with Crippen LogP contribution in [0.2, 0.25) is 0 Å². The highest BCUT2D eigenvalue weighted by Crippen LogP contribution is 2.20. The molecular formula is C18H13NO4. The molecule has 114 valence electrons. The lowest BCUT2D eigenvalue weighted by molar-refractivity contribution is -0.132. The van der Waals surface area contributed by atoms with Gasteiger partial charge in [-0.15, -0.1) is 0 Å². The third kappa shape index (κ3) is 3.52. The van der Waals surface area contributed by atoms with Crippen LogP contribution in [-0.4, -0.2) is 17.8 Å². The second-order valence-electron chi connectivity index (χ2n) is 4.86. The fraction of sp³-hybridized carbons (Fsp3) is 0.0556. The van der Waals surface area contributed by atoms with Gasteiger partial charge in [-0.3, -0.25) is 4.79 Å². The van der Waals surface area contributed by atoms with Crippen LogP contribution in [0.15, 0.2) is 65.3 Å². The van der Waals surface area contributed by atoms with Crippen LogP contribution in [0.3, 0.4) is 0 Å². The number of carbonyl (C=O) groups excluding carboxylic acids is 2. The molecule has 23 heavy (non-hydrogen) atoms. The summed E-state index contributed by atoms with van der Waals surface area (Å²) in [5.74, 6) is -0.138. The highest BCUT2D eigenvalue weighted by molar-refractivity contribution is 6.12. The smallest absolute Gasteiger partial charge is 0.363 e. The van der Waals surface area contributed by atoms with Gasteiger partial charge in [-0.25, -0.2) is 9.79 Å². The summed E-state index contributed by atoms with van der Waals surface area (Å²) in [5.41, 5.74) is 1.73. The monoisotopic (exact) mass is 307 g/mol. The van der Waals surface area contributed by atoms with Gasteiger partial charge < -0.3 is 9.47 Å². The summed E-state index contributed by atoms with van der Waals surface area (Å²) in [6.45, 7) is 1.34. The predicted octanol–water partition coefficient (Wildman–Crippen LogP) is 2.96. The van der Waals surface area contributed by atoms with Gasteiger partial charge >= 0.3 is 11.9 Å². The molecule has 0 unspecified atom stereocenters. The van der Waals surface area contributed by atoms with E-state index in [2.05, 4.69) is 4.99 Å². The van der Waals surface area contributed by atoms with E-state index in [0.29, 0.717) is 11.6 Å². The molecule has 0 atom stereocenters. The molecule has 0 fully saturated rings. The number of benzene rings is 2. The molecule has 0 aliphatic carbocycles. The summed E-state index contributed by atoms with van der Waals surface area (Å²) in [4.78, 5) is 27.0. The summed E-state index contributed by atoms with van der Waals surface area (Å²) in [7, 11) is 0. The van der Waals surface area contributed by atoms with Crippen LogP contribution in [0.5, 0.6) is 5.75 Å². The molecule has 1 aliphatic heterocycles. The lowest BCUT2D eigenvalue weighted by Gasteiger charge is -2.00. The second-order valence-corrected chi connectivity index (χ2v) is 4.86. The van der Waals surface area contributed by atoms with E-state index in [4.69, 9.17) is 9.47 Å². The minimum Gasteiger partial charge on any atom is -0.427 e. The van der Waals surface area contributed by atoms with Crippen LogP contribution in [0.25, 0.3) is 6.08 Å². The Kier molecular flexibility index (Phi) is 4.01. The normalized spacial score (nSPS) is 15.3. The number of rotatable bonds is 3. The Labute approximate surface area is 132 Å². The molecular weight excluding hydrogens is 294 g/mol. The Morgan fingerprint density at radius 3 is 2.43 bits per heavy atom. The van der Waals surface area contributed by atoms with E-state index < -0.39 is 5.97 Å². The largest absolute Gasteiger partial charge is 0.427 e. The van der Waals surface area contributed by atoms with E-state index in [-0.39, 0.29) is 11.7 Å². The van der Waals surface area contributed by atoms with Gasteiger partial charge in [0.25, 0.3) is 0 Å². The number of nitrogens with zero attached hydrogens (tertiary/aromatic N) is 1. The van der Waals surface area contributed by atoms with Crippen molar-refractivity contribution in [2.75, 3.05) is 0 Å². The maximum Gasteiger partial charge on any atom is 0.363 e. The fourth-order valence-electron chi connectivity index (χ4n) is 2.07. The molecule has 0 bridgehead atoms. The molecule has 0 radical (unpaired) electrons. The van der Waals surface area contributed by atoms with E-state index in [1.807, 2.05) is 30.3 Å². The Balaban J connectivity index is 1.83. The Bertz CT molecular complexity index is 805. The molecule has 0 saturated heterocycles. The van der Waals surface area contributed by atoms with Crippen molar-refractivity contribution in [1.82, 2.24) is 0 Å². The summed E-state index contributed by atoms with van der Waals surface area (Å²) >= 11 is 0. The van der Waals surface area contributed by atoms with Crippen molar-refractivity contribution in [2.24, 2.45) is 4.99 Å². The first-order valence-corrected chi connectivity index (χ1v) is 6.98. The second kappa shape index (κ2) is 6.27. The van der Waals surface area contributed by atoms with Gasteiger partial charge in [0.1, 0.15) is 5.75 Å². The highest BCUT2D eigenvalue weighted by Gasteiger charge is 2.23. The lowest BCUT2D eigenvalue weighted by atomic mass is 10.2. The van der Waals surface area contributed by atoms with Crippen LogP contribution >= 0.6 is 0 Å². The van der Waals surface area contributed by atoms with E-state index in [1.165, 1.54) is 6.92 Å². The minimum absolute atomic E-state index is 0.226. The van der Waals surface area contributed by atoms with Crippen molar-refractivity contribution in [3.8, 4) is 5.75 Å². The molecule has 0 saturated carbocycles. The average Bonchev–Trinajstić information content (AvgIpc) is 2.91. The van der Waals surface area contributed by atoms with Gasteiger partial charge in [0.05, 0.1) is 0 Å². The van der Waals surface area contributed by atoms with Gasteiger partial charge in [0.15, 0.2) is 5.70 Å². The summed E-state index contributed by atoms with van der Waals surface area (Å²) in [6.07, 6.45) is 1.62. The Morgan fingerprint density at radius 1 is 1.09 bits per heavy atom. The number of esters is 2. The quantitative estimate of drug-likeness (QED) is 0.497. The van der Waals surface area contributed by atoms with E-state index in [1.54, 1.807) is 30.3 Å². The summed E-state index contributed by atoms with van der Waals surface area (Å²) in [5, 5.41) is 0. The van der Waals surface area contributed by atoms with Crippen LogP contribution in [0, 0.1) is 0 Å². The first-order valence-electron chi connectivity index (χ1n) is 6.98. The maximum absolute atomic E-state index is 11.9. The van der Waals surface area contributed by atoms with Gasteiger partial charge in [0.2, 0.25) is 5.90 Å². The number of ether oxygens (including phenoxy) is 2. The van der Waals surface area contributed by atoms with Crippen LogP contribution < -0.4 is 4.74 Å². The van der Waals surface area contributed by atoms with E-state index in [9.17, 15) is 9.59 Å². The van der Waals surface area contributed by atoms with Crippen molar-refractivity contribution in [2.45, 2.75) is 6.92 Å². The van der Waals surface area contributed by atoms with Gasteiger partial charge in [0, 0.05) is 12.5 Å². The molecule has 3 rings (SSSR count). The molecule has 0 spiro atoms. The molecule has 5 nitrogen and oxygen atoms in total.